The Hall–Kier alpha value is 0.130. The van der Waals surface area contributed by atoms with Gasteiger partial charge in [-0.05, 0) is 18.1 Å². The Morgan fingerprint density at radius 1 is 1.29 bits per heavy atom. The fourth-order valence-corrected chi connectivity index (χ4v) is 3.38. The van der Waals surface area contributed by atoms with E-state index in [1.54, 1.807) is 12.1 Å². The van der Waals surface area contributed by atoms with Crippen molar-refractivity contribution in [3.63, 3.8) is 0 Å². The summed E-state index contributed by atoms with van der Waals surface area (Å²) in [6.07, 6.45) is 1.05. The van der Waals surface area contributed by atoms with E-state index in [1.807, 2.05) is 6.07 Å². The van der Waals surface area contributed by atoms with Crippen LogP contribution in [0.15, 0.2) is 22.7 Å². The number of hydrogen-bond donors (Lipinski definition) is 1. The molecule has 1 heterocycles. The van der Waals surface area contributed by atoms with Crippen molar-refractivity contribution in [1.29, 1.82) is 0 Å². The topological polar surface area (TPSA) is 15.3 Å². The van der Waals surface area contributed by atoms with Gasteiger partial charge in [-0.25, -0.2) is 4.39 Å². The summed E-state index contributed by atoms with van der Waals surface area (Å²) in [5, 5.41) is 3.36. The lowest BCUT2D eigenvalue weighted by atomic mass is 9.90. The molecule has 6 heteroatoms. The largest absolute Gasteiger partial charge is 0.314 e. The summed E-state index contributed by atoms with van der Waals surface area (Å²) < 4.78 is 15.2. The lowest BCUT2D eigenvalue weighted by Crippen LogP contribution is -2.46. The Morgan fingerprint density at radius 2 is 1.90 bits per heavy atom. The van der Waals surface area contributed by atoms with Crippen LogP contribution < -0.4 is 5.32 Å². The maximum absolute atomic E-state index is 14.3. The molecule has 1 unspecified atom stereocenters. The average Bonchev–Trinajstić information content (AvgIpc) is 2.43. The van der Waals surface area contributed by atoms with E-state index in [1.165, 1.54) is 0 Å². The second kappa shape index (κ2) is 10.0. The molecule has 1 fully saturated rings. The molecule has 0 radical (unpaired) electrons. The predicted octanol–water partition coefficient (Wildman–Crippen LogP) is 4.42. The summed E-state index contributed by atoms with van der Waals surface area (Å²) >= 11 is 3.53. The zero-order valence-electron chi connectivity index (χ0n) is 12.4. The first kappa shape index (κ1) is 21.1. The normalized spacial score (nSPS) is 18.3. The van der Waals surface area contributed by atoms with Gasteiger partial charge in [0, 0.05) is 42.3 Å². The monoisotopic (exact) mass is 400 g/mol. The van der Waals surface area contributed by atoms with Gasteiger partial charge in [0.15, 0.2) is 0 Å². The zero-order chi connectivity index (χ0) is 13.8. The number of rotatable bonds is 4. The lowest BCUT2D eigenvalue weighted by molar-refractivity contribution is 0.125. The summed E-state index contributed by atoms with van der Waals surface area (Å²) in [6.45, 7) is 8.32. The summed E-state index contributed by atoms with van der Waals surface area (Å²) in [5.74, 6) is 0.338. The lowest BCUT2D eigenvalue weighted by Gasteiger charge is -2.39. The Bertz CT molecular complexity index is 408. The van der Waals surface area contributed by atoms with E-state index in [0.29, 0.717) is 5.92 Å². The first-order chi connectivity index (χ1) is 9.15. The fourth-order valence-electron chi connectivity index (χ4n) is 2.80. The van der Waals surface area contributed by atoms with Gasteiger partial charge in [-0.1, -0.05) is 42.3 Å². The Labute approximate surface area is 147 Å². The molecule has 1 aromatic carbocycles. The van der Waals surface area contributed by atoms with Crippen molar-refractivity contribution in [1.82, 2.24) is 10.2 Å². The maximum Gasteiger partial charge on any atom is 0.129 e. The van der Waals surface area contributed by atoms with Crippen LogP contribution in [-0.2, 0) is 0 Å². The van der Waals surface area contributed by atoms with Crippen LogP contribution in [0, 0.1) is 11.7 Å². The van der Waals surface area contributed by atoms with E-state index in [2.05, 4.69) is 40.0 Å². The van der Waals surface area contributed by atoms with Gasteiger partial charge in [-0.15, -0.1) is 24.8 Å². The second-order valence-corrected chi connectivity index (χ2v) is 6.11. The van der Waals surface area contributed by atoms with Crippen molar-refractivity contribution < 1.29 is 4.39 Å². The van der Waals surface area contributed by atoms with Crippen LogP contribution in [0.25, 0.3) is 0 Å². The molecular formula is C15H24BrCl2FN2. The van der Waals surface area contributed by atoms with Crippen molar-refractivity contribution in [3.05, 3.63) is 34.1 Å². The molecule has 2 nitrogen and oxygen atoms in total. The number of nitrogens with zero attached hydrogens (tertiary/aromatic N) is 1. The molecule has 0 spiro atoms. The van der Waals surface area contributed by atoms with Gasteiger partial charge < -0.3 is 5.32 Å². The highest BCUT2D eigenvalue weighted by atomic mass is 79.9. The molecule has 2 atom stereocenters. The van der Waals surface area contributed by atoms with E-state index in [4.69, 9.17) is 0 Å². The molecule has 1 saturated heterocycles. The van der Waals surface area contributed by atoms with Crippen LogP contribution in [0.4, 0.5) is 4.39 Å². The minimum atomic E-state index is -0.0989. The predicted molar refractivity (Wildman–Crippen MR) is 95.2 cm³/mol. The van der Waals surface area contributed by atoms with E-state index in [-0.39, 0.29) is 36.7 Å². The Kier molecular flexibility index (Phi) is 10.1. The third kappa shape index (κ3) is 5.07. The molecule has 1 aliphatic rings. The highest BCUT2D eigenvalue weighted by Gasteiger charge is 2.30. The minimum Gasteiger partial charge on any atom is -0.314 e. The molecule has 0 saturated carbocycles. The van der Waals surface area contributed by atoms with Gasteiger partial charge in [0.2, 0.25) is 0 Å². The average molecular weight is 402 g/mol. The molecule has 1 aliphatic heterocycles. The van der Waals surface area contributed by atoms with E-state index in [9.17, 15) is 4.39 Å². The molecule has 0 aromatic heterocycles. The van der Waals surface area contributed by atoms with Crippen LogP contribution in [0.1, 0.15) is 31.9 Å². The Morgan fingerprint density at radius 3 is 2.43 bits per heavy atom. The molecule has 2 rings (SSSR count). The van der Waals surface area contributed by atoms with Gasteiger partial charge >= 0.3 is 0 Å². The van der Waals surface area contributed by atoms with Gasteiger partial charge in [0.25, 0.3) is 0 Å². The number of nitrogens with one attached hydrogen (secondary N) is 1. The molecule has 0 bridgehead atoms. The van der Waals surface area contributed by atoms with Crippen molar-refractivity contribution in [3.8, 4) is 0 Å². The molecule has 1 N–H and O–H groups in total. The molecule has 0 amide bonds. The highest BCUT2D eigenvalue weighted by Crippen LogP contribution is 2.36. The smallest absolute Gasteiger partial charge is 0.129 e. The van der Waals surface area contributed by atoms with Crippen LogP contribution >= 0.6 is 40.7 Å². The minimum absolute atomic E-state index is 0. The van der Waals surface area contributed by atoms with Crippen LogP contribution in [0.5, 0.6) is 0 Å². The SMILES string of the molecule is CCC(C)[C@@H](c1c(F)cccc1Br)N1CCNCC1.Cl.Cl. The summed E-state index contributed by atoms with van der Waals surface area (Å²) in [6, 6.07) is 5.42. The van der Waals surface area contributed by atoms with Crippen molar-refractivity contribution in [2.45, 2.75) is 26.3 Å². The van der Waals surface area contributed by atoms with E-state index < -0.39 is 0 Å². The quantitative estimate of drug-likeness (QED) is 0.802. The second-order valence-electron chi connectivity index (χ2n) is 5.25. The van der Waals surface area contributed by atoms with Gasteiger partial charge in [-0.2, -0.15) is 0 Å². The molecular weight excluding hydrogens is 378 g/mol. The van der Waals surface area contributed by atoms with Crippen molar-refractivity contribution in [2.24, 2.45) is 5.92 Å². The summed E-state index contributed by atoms with van der Waals surface area (Å²) in [4.78, 5) is 2.41. The van der Waals surface area contributed by atoms with Crippen molar-refractivity contribution >= 4 is 40.7 Å². The first-order valence-electron chi connectivity index (χ1n) is 7.03. The fraction of sp³-hybridized carbons (Fsp3) is 0.600. The molecule has 1 aromatic rings. The highest BCUT2D eigenvalue weighted by molar-refractivity contribution is 9.10. The number of hydrogen-bond acceptors (Lipinski definition) is 2. The molecule has 0 aliphatic carbocycles. The zero-order valence-corrected chi connectivity index (χ0v) is 15.7. The van der Waals surface area contributed by atoms with Crippen LogP contribution in [0.2, 0.25) is 0 Å². The van der Waals surface area contributed by atoms with Crippen LogP contribution in [0.3, 0.4) is 0 Å². The summed E-state index contributed by atoms with van der Waals surface area (Å²) in [5.41, 5.74) is 0.818. The maximum atomic E-state index is 14.3. The van der Waals surface area contributed by atoms with Gasteiger partial charge in [0.1, 0.15) is 5.82 Å². The standard InChI is InChI=1S/C15H22BrFN2.2ClH/c1-3-11(2)15(19-9-7-18-8-10-19)14-12(16)5-4-6-13(14)17;;/h4-6,11,15,18H,3,7-10H2,1-2H3;2*1H/t11?,15-;;/m0../s1. The Balaban J connectivity index is 0.00000200. The van der Waals surface area contributed by atoms with Gasteiger partial charge in [-0.3, -0.25) is 4.90 Å². The van der Waals surface area contributed by atoms with E-state index in [0.717, 1.165) is 42.6 Å². The summed E-state index contributed by atoms with van der Waals surface area (Å²) in [7, 11) is 0. The third-order valence-corrected chi connectivity index (χ3v) is 4.71. The van der Waals surface area contributed by atoms with Crippen molar-refractivity contribution in [2.75, 3.05) is 26.2 Å². The third-order valence-electron chi connectivity index (χ3n) is 4.02. The number of benzene rings is 1. The van der Waals surface area contributed by atoms with Crippen LogP contribution in [-0.4, -0.2) is 31.1 Å². The molecule has 122 valence electrons. The van der Waals surface area contributed by atoms with E-state index >= 15 is 0 Å². The molecule has 21 heavy (non-hydrogen) atoms. The number of piperazine rings is 1. The number of halogens is 4. The first-order valence-corrected chi connectivity index (χ1v) is 7.83. The van der Waals surface area contributed by atoms with Gasteiger partial charge in [0.05, 0.1) is 0 Å².